The van der Waals surface area contributed by atoms with Crippen LogP contribution in [0.2, 0.25) is 5.15 Å². The van der Waals surface area contributed by atoms with E-state index in [1.54, 1.807) is 0 Å². The van der Waals surface area contributed by atoms with Gasteiger partial charge in [0, 0.05) is 25.2 Å². The van der Waals surface area contributed by atoms with Crippen molar-refractivity contribution in [2.45, 2.75) is 33.2 Å². The van der Waals surface area contributed by atoms with E-state index in [4.69, 9.17) is 11.6 Å². The molecule has 6 nitrogen and oxygen atoms in total. The maximum absolute atomic E-state index is 14.4. The molecule has 0 aliphatic heterocycles. The Balaban J connectivity index is 1.95. The number of nitrogens with one attached hydrogen (secondary N) is 1. The SMILES string of the molecule is CCN(CCCNc1nc(Cl)c2ccc(=O)n(-c3c(F)cccc3F)c2n1)C(C)C. The summed E-state index contributed by atoms with van der Waals surface area (Å²) in [5.74, 6) is -1.56. The van der Waals surface area contributed by atoms with Crippen molar-refractivity contribution in [1.82, 2.24) is 19.4 Å². The van der Waals surface area contributed by atoms with Crippen LogP contribution in [0.25, 0.3) is 16.7 Å². The lowest BCUT2D eigenvalue weighted by atomic mass is 10.2. The average Bonchev–Trinajstić information content (AvgIpc) is 2.69. The molecule has 0 spiro atoms. The number of hydrogen-bond acceptors (Lipinski definition) is 5. The molecule has 3 aromatic rings. The smallest absolute Gasteiger partial charge is 0.256 e. The van der Waals surface area contributed by atoms with Crippen molar-refractivity contribution in [1.29, 1.82) is 0 Å². The Morgan fingerprint density at radius 2 is 1.87 bits per heavy atom. The number of anilines is 1. The Morgan fingerprint density at radius 1 is 1.17 bits per heavy atom. The molecule has 0 bridgehead atoms. The predicted octanol–water partition coefficient (Wildman–Crippen LogP) is 4.24. The summed E-state index contributed by atoms with van der Waals surface area (Å²) in [5.41, 5.74) is -1.08. The Hall–Kier alpha value is -2.58. The van der Waals surface area contributed by atoms with E-state index < -0.39 is 22.9 Å². The molecule has 0 unspecified atom stereocenters. The minimum absolute atomic E-state index is 0.0337. The van der Waals surface area contributed by atoms with Crippen LogP contribution in [-0.4, -0.2) is 45.1 Å². The first kappa shape index (κ1) is 22.1. The van der Waals surface area contributed by atoms with Gasteiger partial charge in [-0.15, -0.1) is 0 Å². The van der Waals surface area contributed by atoms with E-state index in [0.29, 0.717) is 18.0 Å². The van der Waals surface area contributed by atoms with Crippen LogP contribution in [0.15, 0.2) is 35.1 Å². The maximum atomic E-state index is 14.4. The summed E-state index contributed by atoms with van der Waals surface area (Å²) >= 11 is 6.28. The number of hydrogen-bond donors (Lipinski definition) is 1. The molecule has 1 aromatic carbocycles. The molecule has 0 saturated carbocycles. The van der Waals surface area contributed by atoms with Gasteiger partial charge in [0.2, 0.25) is 5.95 Å². The van der Waals surface area contributed by atoms with Crippen LogP contribution >= 0.6 is 11.6 Å². The number of nitrogens with zero attached hydrogens (tertiary/aromatic N) is 4. The Labute approximate surface area is 178 Å². The molecule has 2 aromatic heterocycles. The highest BCUT2D eigenvalue weighted by Crippen LogP contribution is 2.25. The van der Waals surface area contributed by atoms with E-state index in [1.807, 2.05) is 0 Å². The van der Waals surface area contributed by atoms with Gasteiger partial charge in [0.1, 0.15) is 22.5 Å². The largest absolute Gasteiger partial charge is 0.354 e. The van der Waals surface area contributed by atoms with E-state index in [2.05, 4.69) is 41.0 Å². The second-order valence-electron chi connectivity index (χ2n) is 7.16. The highest BCUT2D eigenvalue weighted by molar-refractivity contribution is 6.34. The highest BCUT2D eigenvalue weighted by Gasteiger charge is 2.18. The summed E-state index contributed by atoms with van der Waals surface area (Å²) in [5, 5.41) is 3.50. The Bertz CT molecular complexity index is 1080. The third-order valence-corrected chi connectivity index (χ3v) is 5.19. The minimum Gasteiger partial charge on any atom is -0.354 e. The molecule has 0 atom stereocenters. The summed E-state index contributed by atoms with van der Waals surface area (Å²) in [4.78, 5) is 23.4. The van der Waals surface area contributed by atoms with Crippen molar-refractivity contribution in [3.05, 3.63) is 57.5 Å². The number of para-hydroxylation sites is 1. The van der Waals surface area contributed by atoms with Crippen molar-refractivity contribution in [2.24, 2.45) is 0 Å². The third kappa shape index (κ3) is 4.60. The summed E-state index contributed by atoms with van der Waals surface area (Å²) < 4.78 is 29.6. The lowest BCUT2D eigenvalue weighted by Crippen LogP contribution is -2.32. The van der Waals surface area contributed by atoms with Gasteiger partial charge in [0.05, 0.1) is 5.39 Å². The normalized spacial score (nSPS) is 11.6. The first-order valence-corrected chi connectivity index (χ1v) is 10.2. The summed E-state index contributed by atoms with van der Waals surface area (Å²) in [7, 11) is 0. The van der Waals surface area contributed by atoms with Crippen LogP contribution < -0.4 is 10.9 Å². The van der Waals surface area contributed by atoms with E-state index in [0.717, 1.165) is 36.2 Å². The fraction of sp³-hybridized carbons (Fsp3) is 0.381. The van der Waals surface area contributed by atoms with E-state index in [9.17, 15) is 13.6 Å². The fourth-order valence-corrected chi connectivity index (χ4v) is 3.57. The number of halogens is 3. The zero-order valence-corrected chi connectivity index (χ0v) is 17.9. The van der Waals surface area contributed by atoms with E-state index >= 15 is 0 Å². The van der Waals surface area contributed by atoms with Crippen LogP contribution in [0, 0.1) is 11.6 Å². The second-order valence-corrected chi connectivity index (χ2v) is 7.51. The van der Waals surface area contributed by atoms with Crippen molar-refractivity contribution >= 4 is 28.6 Å². The van der Waals surface area contributed by atoms with Gasteiger partial charge in [-0.2, -0.15) is 4.98 Å². The molecular formula is C21H24ClF2N5O. The van der Waals surface area contributed by atoms with Crippen molar-refractivity contribution in [3.8, 4) is 5.69 Å². The molecule has 30 heavy (non-hydrogen) atoms. The van der Waals surface area contributed by atoms with Crippen LogP contribution in [-0.2, 0) is 0 Å². The summed E-state index contributed by atoms with van der Waals surface area (Å²) in [6, 6.07) is 6.48. The average molecular weight is 436 g/mol. The molecule has 1 N–H and O–H groups in total. The standard InChI is InChI=1S/C21H24ClF2N5O/c1-4-28(13(2)3)12-6-11-25-21-26-19(22)14-9-10-17(30)29(20(14)27-21)18-15(23)7-5-8-16(18)24/h5,7-10,13H,4,6,11-12H2,1-3H3,(H,25,26,27). The maximum Gasteiger partial charge on any atom is 0.256 e. The first-order chi connectivity index (χ1) is 14.3. The molecule has 0 aliphatic carbocycles. The van der Waals surface area contributed by atoms with Gasteiger partial charge >= 0.3 is 0 Å². The molecule has 3 rings (SSSR count). The van der Waals surface area contributed by atoms with Crippen molar-refractivity contribution in [2.75, 3.05) is 25.0 Å². The monoisotopic (exact) mass is 435 g/mol. The molecule has 160 valence electrons. The minimum atomic E-state index is -0.873. The Kier molecular flexibility index (Phi) is 6.99. The lowest BCUT2D eigenvalue weighted by Gasteiger charge is -2.24. The van der Waals surface area contributed by atoms with Crippen LogP contribution in [0.3, 0.4) is 0 Å². The molecular weight excluding hydrogens is 412 g/mol. The molecule has 2 heterocycles. The van der Waals surface area contributed by atoms with Gasteiger partial charge in [-0.05, 0) is 45.0 Å². The summed E-state index contributed by atoms with van der Waals surface area (Å²) in [6.45, 7) is 8.83. The zero-order chi connectivity index (χ0) is 21.8. The molecule has 0 fully saturated rings. The highest BCUT2D eigenvalue weighted by atomic mass is 35.5. The first-order valence-electron chi connectivity index (χ1n) is 9.85. The number of aromatic nitrogens is 3. The number of benzene rings is 1. The van der Waals surface area contributed by atoms with Crippen molar-refractivity contribution in [3.63, 3.8) is 0 Å². The van der Waals surface area contributed by atoms with E-state index in [-0.39, 0.29) is 16.7 Å². The van der Waals surface area contributed by atoms with Gasteiger partial charge < -0.3 is 10.2 Å². The Morgan fingerprint density at radius 3 is 2.50 bits per heavy atom. The van der Waals surface area contributed by atoms with Crippen LogP contribution in [0.5, 0.6) is 0 Å². The molecule has 0 aliphatic rings. The van der Waals surface area contributed by atoms with Gasteiger partial charge in [-0.1, -0.05) is 24.6 Å². The number of pyridine rings is 1. The second kappa shape index (κ2) is 9.49. The zero-order valence-electron chi connectivity index (χ0n) is 17.1. The van der Waals surface area contributed by atoms with Gasteiger partial charge in [-0.25, -0.2) is 13.8 Å². The van der Waals surface area contributed by atoms with Crippen LogP contribution in [0.1, 0.15) is 27.2 Å². The van der Waals surface area contributed by atoms with E-state index in [1.165, 1.54) is 18.2 Å². The quantitative estimate of drug-likeness (QED) is 0.423. The third-order valence-electron chi connectivity index (χ3n) is 4.91. The van der Waals surface area contributed by atoms with Gasteiger partial charge in [0.15, 0.2) is 5.65 Å². The van der Waals surface area contributed by atoms with Crippen molar-refractivity contribution < 1.29 is 8.78 Å². The van der Waals surface area contributed by atoms with Gasteiger partial charge in [-0.3, -0.25) is 9.36 Å². The lowest BCUT2D eigenvalue weighted by molar-refractivity contribution is 0.233. The molecule has 0 radical (unpaired) electrons. The fourth-order valence-electron chi connectivity index (χ4n) is 3.34. The topological polar surface area (TPSA) is 63.1 Å². The number of fused-ring (bicyclic) bond motifs is 1. The molecule has 0 saturated heterocycles. The summed E-state index contributed by atoms with van der Waals surface area (Å²) in [6.07, 6.45) is 0.842. The van der Waals surface area contributed by atoms with Gasteiger partial charge in [0.25, 0.3) is 5.56 Å². The van der Waals surface area contributed by atoms with Crippen LogP contribution in [0.4, 0.5) is 14.7 Å². The number of rotatable bonds is 8. The molecule has 0 amide bonds. The predicted molar refractivity (Wildman–Crippen MR) is 116 cm³/mol. The molecule has 9 heteroatoms.